The molecule has 0 aliphatic heterocycles. The molecule has 1 N–H and O–H groups in total. The highest BCUT2D eigenvalue weighted by molar-refractivity contribution is 9.11. The van der Waals surface area contributed by atoms with Crippen molar-refractivity contribution in [1.82, 2.24) is 5.32 Å². The van der Waals surface area contributed by atoms with E-state index < -0.39 is 0 Å². The Kier molecular flexibility index (Phi) is 5.75. The van der Waals surface area contributed by atoms with Crippen LogP contribution in [0.15, 0.2) is 34.1 Å². The number of aryl methyl sites for hydroxylation is 1. The van der Waals surface area contributed by atoms with Crippen molar-refractivity contribution < 1.29 is 4.39 Å². The van der Waals surface area contributed by atoms with E-state index >= 15 is 0 Å². The first kappa shape index (κ1) is 15.7. The summed E-state index contributed by atoms with van der Waals surface area (Å²) < 4.78 is 14.3. The molecule has 20 heavy (non-hydrogen) atoms. The molecular formula is C16H19BrFNS. The van der Waals surface area contributed by atoms with E-state index in [9.17, 15) is 4.39 Å². The van der Waals surface area contributed by atoms with Crippen molar-refractivity contribution in [3.8, 4) is 0 Å². The summed E-state index contributed by atoms with van der Waals surface area (Å²) in [5.74, 6) is -0.164. The molecule has 1 unspecified atom stereocenters. The zero-order valence-electron chi connectivity index (χ0n) is 11.7. The number of halogens is 2. The first-order valence-corrected chi connectivity index (χ1v) is 8.44. The molecule has 1 aromatic heterocycles. The Hall–Kier alpha value is -0.710. The van der Waals surface area contributed by atoms with Gasteiger partial charge in [-0.1, -0.05) is 13.0 Å². The van der Waals surface area contributed by atoms with Gasteiger partial charge < -0.3 is 5.32 Å². The molecule has 4 heteroatoms. The molecule has 2 rings (SSSR count). The van der Waals surface area contributed by atoms with Crippen molar-refractivity contribution in [3.05, 3.63) is 55.9 Å². The Morgan fingerprint density at radius 2 is 2.10 bits per heavy atom. The topological polar surface area (TPSA) is 12.0 Å². The third-order valence-corrected chi connectivity index (χ3v) is 5.04. The lowest BCUT2D eigenvalue weighted by Crippen LogP contribution is -2.23. The lowest BCUT2D eigenvalue weighted by atomic mass is 10.00. The summed E-state index contributed by atoms with van der Waals surface area (Å²) in [6, 6.07) is 9.57. The van der Waals surface area contributed by atoms with Crippen molar-refractivity contribution >= 4 is 27.3 Å². The molecule has 0 fully saturated rings. The Morgan fingerprint density at radius 1 is 1.30 bits per heavy atom. The Morgan fingerprint density at radius 3 is 2.70 bits per heavy atom. The second-order valence-electron chi connectivity index (χ2n) is 4.92. The third-order valence-electron chi connectivity index (χ3n) is 3.31. The molecule has 0 radical (unpaired) electrons. The molecule has 0 saturated heterocycles. The standard InChI is InChI=1S/C16H19BrFNS/c1-3-8-19-14(15-6-7-16(17)20-15)10-12-4-5-13(18)9-11(12)2/h4-7,9,14,19H,3,8,10H2,1-2H3. The largest absolute Gasteiger partial charge is 0.309 e. The van der Waals surface area contributed by atoms with E-state index in [1.807, 2.05) is 13.0 Å². The van der Waals surface area contributed by atoms with Crippen LogP contribution in [0.25, 0.3) is 0 Å². The average molecular weight is 356 g/mol. The van der Waals surface area contributed by atoms with Crippen LogP contribution in [-0.2, 0) is 6.42 Å². The third kappa shape index (κ3) is 4.14. The lowest BCUT2D eigenvalue weighted by Gasteiger charge is -2.18. The van der Waals surface area contributed by atoms with Gasteiger partial charge in [-0.25, -0.2) is 4.39 Å². The van der Waals surface area contributed by atoms with Crippen LogP contribution in [0.1, 0.15) is 35.4 Å². The fraction of sp³-hybridized carbons (Fsp3) is 0.375. The number of hydrogen-bond acceptors (Lipinski definition) is 2. The van der Waals surface area contributed by atoms with Crippen LogP contribution in [0.5, 0.6) is 0 Å². The van der Waals surface area contributed by atoms with Crippen molar-refractivity contribution in [2.45, 2.75) is 32.7 Å². The van der Waals surface area contributed by atoms with Crippen LogP contribution in [-0.4, -0.2) is 6.54 Å². The Bertz CT molecular complexity index is 567. The van der Waals surface area contributed by atoms with E-state index in [1.165, 1.54) is 10.4 Å². The second-order valence-corrected chi connectivity index (χ2v) is 7.42. The van der Waals surface area contributed by atoms with Crippen molar-refractivity contribution in [2.75, 3.05) is 6.54 Å². The van der Waals surface area contributed by atoms with Crippen LogP contribution in [0, 0.1) is 12.7 Å². The molecule has 1 aromatic carbocycles. The van der Waals surface area contributed by atoms with Crippen LogP contribution in [0.2, 0.25) is 0 Å². The Labute approximate surface area is 132 Å². The normalized spacial score (nSPS) is 12.6. The van der Waals surface area contributed by atoms with Crippen molar-refractivity contribution in [1.29, 1.82) is 0 Å². The first-order valence-electron chi connectivity index (χ1n) is 6.83. The summed E-state index contributed by atoms with van der Waals surface area (Å²) >= 11 is 5.27. The van der Waals surface area contributed by atoms with Gasteiger partial charge >= 0.3 is 0 Å². The minimum atomic E-state index is -0.164. The highest BCUT2D eigenvalue weighted by Crippen LogP contribution is 2.30. The molecule has 1 atom stereocenters. The molecule has 108 valence electrons. The van der Waals surface area contributed by atoms with E-state index in [0.29, 0.717) is 0 Å². The lowest BCUT2D eigenvalue weighted by molar-refractivity contribution is 0.534. The molecule has 1 heterocycles. The van der Waals surface area contributed by atoms with Crippen molar-refractivity contribution in [3.63, 3.8) is 0 Å². The number of rotatable bonds is 6. The summed E-state index contributed by atoms with van der Waals surface area (Å²) in [7, 11) is 0. The second kappa shape index (κ2) is 7.34. The highest BCUT2D eigenvalue weighted by atomic mass is 79.9. The molecular weight excluding hydrogens is 337 g/mol. The van der Waals surface area contributed by atoms with Gasteiger partial charge in [-0.2, -0.15) is 0 Å². The maximum absolute atomic E-state index is 13.2. The molecule has 0 bridgehead atoms. The van der Waals surface area contributed by atoms with Gasteiger partial charge in [0, 0.05) is 10.9 Å². The molecule has 0 saturated carbocycles. The van der Waals surface area contributed by atoms with Gasteiger partial charge in [0.15, 0.2) is 0 Å². The van der Waals surface area contributed by atoms with E-state index in [4.69, 9.17) is 0 Å². The predicted molar refractivity (Wildman–Crippen MR) is 87.9 cm³/mol. The summed E-state index contributed by atoms with van der Waals surface area (Å²) in [6.45, 7) is 5.12. The summed E-state index contributed by atoms with van der Waals surface area (Å²) in [6.07, 6.45) is 1.99. The zero-order valence-corrected chi connectivity index (χ0v) is 14.2. The Balaban J connectivity index is 2.18. The summed E-state index contributed by atoms with van der Waals surface area (Å²) in [5, 5.41) is 3.59. The molecule has 2 aromatic rings. The molecule has 0 amide bonds. The monoisotopic (exact) mass is 355 g/mol. The van der Waals surface area contributed by atoms with E-state index in [0.717, 1.165) is 28.7 Å². The number of thiophene rings is 1. The number of hydrogen-bond donors (Lipinski definition) is 1. The first-order chi connectivity index (χ1) is 9.60. The van der Waals surface area contributed by atoms with Gasteiger partial charge in [-0.3, -0.25) is 0 Å². The van der Waals surface area contributed by atoms with Crippen LogP contribution in [0.3, 0.4) is 0 Å². The number of benzene rings is 1. The molecule has 1 nitrogen and oxygen atoms in total. The fourth-order valence-electron chi connectivity index (χ4n) is 2.22. The van der Waals surface area contributed by atoms with Gasteiger partial charge in [-0.15, -0.1) is 11.3 Å². The zero-order chi connectivity index (χ0) is 14.5. The summed E-state index contributed by atoms with van der Waals surface area (Å²) in [5.41, 5.74) is 2.22. The van der Waals surface area contributed by atoms with Crippen molar-refractivity contribution in [2.24, 2.45) is 0 Å². The molecule has 0 aliphatic carbocycles. The molecule has 0 aliphatic rings. The summed E-state index contributed by atoms with van der Waals surface area (Å²) in [4.78, 5) is 1.31. The van der Waals surface area contributed by atoms with Gasteiger partial charge in [-0.05, 0) is 77.6 Å². The van der Waals surface area contributed by atoms with Crippen LogP contribution < -0.4 is 5.32 Å². The quantitative estimate of drug-likeness (QED) is 0.746. The minimum absolute atomic E-state index is 0.164. The van der Waals surface area contributed by atoms with E-state index in [2.05, 4.69) is 40.3 Å². The SMILES string of the molecule is CCCNC(Cc1ccc(F)cc1C)c1ccc(Br)s1. The van der Waals surface area contributed by atoms with Gasteiger partial charge in [0.05, 0.1) is 3.79 Å². The number of nitrogens with one attached hydrogen (secondary N) is 1. The molecule has 0 spiro atoms. The average Bonchev–Trinajstić information content (AvgIpc) is 2.83. The van der Waals surface area contributed by atoms with Crippen LogP contribution >= 0.6 is 27.3 Å². The van der Waals surface area contributed by atoms with Gasteiger partial charge in [0.1, 0.15) is 5.82 Å². The maximum atomic E-state index is 13.2. The smallest absolute Gasteiger partial charge is 0.123 e. The predicted octanol–water partition coefficient (Wildman–Crippen LogP) is 5.24. The highest BCUT2D eigenvalue weighted by Gasteiger charge is 2.15. The fourth-order valence-corrected chi connectivity index (χ4v) is 3.71. The van der Waals surface area contributed by atoms with Gasteiger partial charge in [0.2, 0.25) is 0 Å². The van der Waals surface area contributed by atoms with Crippen LogP contribution in [0.4, 0.5) is 4.39 Å². The van der Waals surface area contributed by atoms with E-state index in [-0.39, 0.29) is 11.9 Å². The maximum Gasteiger partial charge on any atom is 0.123 e. The minimum Gasteiger partial charge on any atom is -0.309 e. The van der Waals surface area contributed by atoms with E-state index in [1.54, 1.807) is 23.5 Å². The van der Waals surface area contributed by atoms with Gasteiger partial charge in [0.25, 0.3) is 0 Å².